The van der Waals surface area contributed by atoms with E-state index in [-0.39, 0.29) is 6.09 Å². The van der Waals surface area contributed by atoms with Crippen LogP contribution >= 0.6 is 0 Å². The van der Waals surface area contributed by atoms with Crippen molar-refractivity contribution >= 4 is 6.09 Å². The summed E-state index contributed by atoms with van der Waals surface area (Å²) in [5.41, 5.74) is 3.37. The summed E-state index contributed by atoms with van der Waals surface area (Å²) in [5, 5.41) is 0. The van der Waals surface area contributed by atoms with Crippen molar-refractivity contribution in [1.82, 2.24) is 4.90 Å². The van der Waals surface area contributed by atoms with Gasteiger partial charge in [-0.1, -0.05) is 25.1 Å². The molecule has 0 saturated carbocycles. The zero-order chi connectivity index (χ0) is 13.3. The van der Waals surface area contributed by atoms with Crippen molar-refractivity contribution in [2.24, 2.45) is 0 Å². The summed E-state index contributed by atoms with van der Waals surface area (Å²) in [6.07, 6.45) is 0.802. The molecule has 3 heteroatoms. The van der Waals surface area contributed by atoms with Crippen LogP contribution in [0.25, 0.3) is 0 Å². The maximum absolute atomic E-state index is 12.0. The molecule has 0 saturated heterocycles. The van der Waals surface area contributed by atoms with Gasteiger partial charge < -0.3 is 4.74 Å². The summed E-state index contributed by atoms with van der Waals surface area (Å²) in [5.74, 6) is 0. The predicted molar refractivity (Wildman–Crippen MR) is 71.3 cm³/mol. The number of nitrogens with zero attached hydrogens (tertiary/aromatic N) is 1. The van der Waals surface area contributed by atoms with Gasteiger partial charge in [-0.05, 0) is 43.9 Å². The number of aryl methyl sites for hydroxylation is 1. The molecule has 0 spiro atoms. The topological polar surface area (TPSA) is 29.5 Å². The Balaban J connectivity index is 2.08. The van der Waals surface area contributed by atoms with Gasteiger partial charge in [0.1, 0.15) is 5.60 Å². The van der Waals surface area contributed by atoms with Crippen molar-refractivity contribution in [3.8, 4) is 0 Å². The number of amides is 1. The Hall–Kier alpha value is -1.51. The second-order valence-corrected chi connectivity index (χ2v) is 5.79. The van der Waals surface area contributed by atoms with Gasteiger partial charge in [0.25, 0.3) is 0 Å². The number of rotatable bonds is 1. The fourth-order valence-electron chi connectivity index (χ4n) is 2.12. The Morgan fingerprint density at radius 1 is 1.28 bits per heavy atom. The molecule has 0 radical (unpaired) electrons. The van der Waals surface area contributed by atoms with Crippen LogP contribution in [0, 0.1) is 0 Å². The molecule has 0 aliphatic carbocycles. The molecule has 98 valence electrons. The van der Waals surface area contributed by atoms with Crippen LogP contribution in [0.5, 0.6) is 0 Å². The summed E-state index contributed by atoms with van der Waals surface area (Å²) in [7, 11) is 0. The highest BCUT2D eigenvalue weighted by molar-refractivity contribution is 5.69. The standard InChI is InChI=1S/C15H21NO2/c1-5-11-6-7-12-9-16(10-13(12)8-11)14(17)18-15(2,3)4/h6-8H,5,9-10H2,1-4H3. The zero-order valence-electron chi connectivity index (χ0n) is 11.6. The first-order valence-corrected chi connectivity index (χ1v) is 6.47. The van der Waals surface area contributed by atoms with Crippen LogP contribution in [0.1, 0.15) is 44.4 Å². The van der Waals surface area contributed by atoms with Crippen LogP contribution < -0.4 is 0 Å². The highest BCUT2D eigenvalue weighted by Crippen LogP contribution is 2.25. The molecule has 0 aromatic heterocycles. The van der Waals surface area contributed by atoms with Crippen molar-refractivity contribution in [2.75, 3.05) is 0 Å². The van der Waals surface area contributed by atoms with Crippen LogP contribution in [-0.4, -0.2) is 16.6 Å². The third-order valence-corrected chi connectivity index (χ3v) is 3.05. The van der Waals surface area contributed by atoms with E-state index in [0.29, 0.717) is 13.1 Å². The fraction of sp³-hybridized carbons (Fsp3) is 0.533. The minimum Gasteiger partial charge on any atom is -0.444 e. The lowest BCUT2D eigenvalue weighted by molar-refractivity contribution is 0.0242. The van der Waals surface area contributed by atoms with Gasteiger partial charge in [-0.2, -0.15) is 0 Å². The minimum atomic E-state index is -0.430. The highest BCUT2D eigenvalue weighted by Gasteiger charge is 2.27. The molecular formula is C15H21NO2. The number of hydrogen-bond acceptors (Lipinski definition) is 2. The van der Waals surface area contributed by atoms with Crippen molar-refractivity contribution in [3.05, 3.63) is 34.9 Å². The van der Waals surface area contributed by atoms with Crippen LogP contribution in [-0.2, 0) is 24.2 Å². The van der Waals surface area contributed by atoms with E-state index >= 15 is 0 Å². The van der Waals surface area contributed by atoms with E-state index in [0.717, 1.165) is 6.42 Å². The van der Waals surface area contributed by atoms with Gasteiger partial charge in [0.15, 0.2) is 0 Å². The average Bonchev–Trinajstić information content (AvgIpc) is 2.69. The SMILES string of the molecule is CCc1ccc2c(c1)CN(C(=O)OC(C)(C)C)C2. The highest BCUT2D eigenvalue weighted by atomic mass is 16.6. The van der Waals surface area contributed by atoms with Crippen LogP contribution in [0.3, 0.4) is 0 Å². The van der Waals surface area contributed by atoms with Gasteiger partial charge in [0.2, 0.25) is 0 Å². The lowest BCUT2D eigenvalue weighted by atomic mass is 10.1. The Bertz CT molecular complexity index is 460. The van der Waals surface area contributed by atoms with Crippen molar-refractivity contribution < 1.29 is 9.53 Å². The van der Waals surface area contributed by atoms with E-state index in [2.05, 4.69) is 25.1 Å². The molecule has 1 amide bonds. The molecule has 0 fully saturated rings. The molecule has 2 rings (SSSR count). The smallest absolute Gasteiger partial charge is 0.410 e. The third-order valence-electron chi connectivity index (χ3n) is 3.05. The normalized spacial score (nSPS) is 14.6. The number of carbonyl (C=O) groups excluding carboxylic acids is 1. The molecule has 0 atom stereocenters. The van der Waals surface area contributed by atoms with Gasteiger partial charge in [-0.15, -0.1) is 0 Å². The van der Waals surface area contributed by atoms with E-state index in [1.54, 1.807) is 4.90 Å². The largest absolute Gasteiger partial charge is 0.444 e. The summed E-state index contributed by atoms with van der Waals surface area (Å²) in [6.45, 7) is 9.14. The molecule has 1 aromatic rings. The maximum atomic E-state index is 12.0. The number of carbonyl (C=O) groups is 1. The lowest BCUT2D eigenvalue weighted by Gasteiger charge is -2.24. The second kappa shape index (κ2) is 4.63. The van der Waals surface area contributed by atoms with Crippen LogP contribution in [0.15, 0.2) is 18.2 Å². The predicted octanol–water partition coefficient (Wildman–Crippen LogP) is 3.50. The molecular weight excluding hydrogens is 226 g/mol. The first-order chi connectivity index (χ1) is 8.39. The molecule has 1 heterocycles. The molecule has 0 unspecified atom stereocenters. The van der Waals surface area contributed by atoms with Gasteiger partial charge in [0, 0.05) is 13.1 Å². The third kappa shape index (κ3) is 2.84. The van der Waals surface area contributed by atoms with E-state index in [4.69, 9.17) is 4.74 Å². The lowest BCUT2D eigenvalue weighted by Crippen LogP contribution is -2.33. The van der Waals surface area contributed by atoms with Gasteiger partial charge >= 0.3 is 6.09 Å². The van der Waals surface area contributed by atoms with Crippen molar-refractivity contribution in [1.29, 1.82) is 0 Å². The summed E-state index contributed by atoms with van der Waals surface area (Å²) < 4.78 is 5.40. The summed E-state index contributed by atoms with van der Waals surface area (Å²) >= 11 is 0. The molecule has 18 heavy (non-hydrogen) atoms. The molecule has 0 N–H and O–H groups in total. The Labute approximate surface area is 109 Å². The van der Waals surface area contributed by atoms with Crippen LogP contribution in [0.4, 0.5) is 4.79 Å². The maximum Gasteiger partial charge on any atom is 0.410 e. The van der Waals surface area contributed by atoms with Crippen molar-refractivity contribution in [3.63, 3.8) is 0 Å². The fourth-order valence-corrected chi connectivity index (χ4v) is 2.12. The van der Waals surface area contributed by atoms with Crippen LogP contribution in [0.2, 0.25) is 0 Å². The quantitative estimate of drug-likeness (QED) is 0.760. The Morgan fingerprint density at radius 3 is 2.56 bits per heavy atom. The molecule has 1 aromatic carbocycles. The Kier molecular flexibility index (Phi) is 3.33. The van der Waals surface area contributed by atoms with E-state index < -0.39 is 5.60 Å². The van der Waals surface area contributed by atoms with Gasteiger partial charge in [-0.3, -0.25) is 4.90 Å². The first kappa shape index (κ1) is 12.9. The number of hydrogen-bond donors (Lipinski definition) is 0. The monoisotopic (exact) mass is 247 g/mol. The first-order valence-electron chi connectivity index (χ1n) is 6.47. The van der Waals surface area contributed by atoms with E-state index in [9.17, 15) is 4.79 Å². The average molecular weight is 247 g/mol. The second-order valence-electron chi connectivity index (χ2n) is 5.79. The minimum absolute atomic E-state index is 0.225. The zero-order valence-corrected chi connectivity index (χ0v) is 11.6. The number of benzene rings is 1. The van der Waals surface area contributed by atoms with E-state index in [1.165, 1.54) is 16.7 Å². The Morgan fingerprint density at radius 2 is 1.94 bits per heavy atom. The molecule has 1 aliphatic heterocycles. The number of ether oxygens (including phenoxy) is 1. The van der Waals surface area contributed by atoms with Gasteiger partial charge in [0.05, 0.1) is 0 Å². The van der Waals surface area contributed by atoms with Gasteiger partial charge in [-0.25, -0.2) is 4.79 Å². The van der Waals surface area contributed by atoms with Crippen molar-refractivity contribution in [2.45, 2.75) is 52.8 Å². The summed E-state index contributed by atoms with van der Waals surface area (Å²) in [6, 6.07) is 6.45. The summed E-state index contributed by atoms with van der Waals surface area (Å²) in [4.78, 5) is 13.7. The molecule has 1 aliphatic rings. The van der Waals surface area contributed by atoms with E-state index in [1.807, 2.05) is 20.8 Å². The number of fused-ring (bicyclic) bond motifs is 1. The molecule has 3 nitrogen and oxygen atoms in total. The molecule has 0 bridgehead atoms.